The Hall–Kier alpha value is -0.465. The van der Waals surface area contributed by atoms with Crippen LogP contribution in [0, 0.1) is 5.92 Å². The van der Waals surface area contributed by atoms with Crippen LogP contribution in [0.15, 0.2) is 0 Å². The maximum Gasteiger partial charge on any atom is 0.222 e. The maximum atomic E-state index is 11.6. The number of hydrogen-bond donors (Lipinski definition) is 0. The van der Waals surface area contributed by atoms with Crippen LogP contribution in [0.4, 0.5) is 0 Å². The SMILES string of the molecule is CC.[B]C1CCCCC2C1CCC(=O)N2C. The molecule has 0 spiro atoms. The molecule has 90 valence electrons. The van der Waals surface area contributed by atoms with Crippen molar-refractivity contribution in [1.82, 2.24) is 4.90 Å². The Balaban J connectivity index is 0.000000606. The van der Waals surface area contributed by atoms with Crippen LogP contribution in [0.2, 0.25) is 5.82 Å². The van der Waals surface area contributed by atoms with E-state index in [-0.39, 0.29) is 0 Å². The lowest BCUT2D eigenvalue weighted by molar-refractivity contribution is -0.136. The van der Waals surface area contributed by atoms with Gasteiger partial charge in [-0.15, -0.1) is 0 Å². The first-order valence-electron chi connectivity index (χ1n) is 6.71. The smallest absolute Gasteiger partial charge is 0.222 e. The van der Waals surface area contributed by atoms with Crippen molar-refractivity contribution in [3.63, 3.8) is 0 Å². The van der Waals surface area contributed by atoms with E-state index in [2.05, 4.69) is 0 Å². The summed E-state index contributed by atoms with van der Waals surface area (Å²) in [6, 6.07) is 0.425. The van der Waals surface area contributed by atoms with Gasteiger partial charge in [0.15, 0.2) is 0 Å². The van der Waals surface area contributed by atoms with E-state index in [0.29, 0.717) is 30.1 Å². The highest BCUT2D eigenvalue weighted by atomic mass is 16.2. The average Bonchev–Trinajstić information content (AvgIpc) is 2.49. The highest BCUT2D eigenvalue weighted by molar-refractivity contribution is 6.12. The molecule has 1 saturated heterocycles. The fraction of sp³-hybridized carbons (Fsp3) is 0.923. The second kappa shape index (κ2) is 6.31. The molecule has 3 atom stereocenters. The van der Waals surface area contributed by atoms with Crippen molar-refractivity contribution >= 4 is 13.8 Å². The fourth-order valence-electron chi connectivity index (χ4n) is 2.99. The molecule has 0 bridgehead atoms. The third-order valence-corrected chi connectivity index (χ3v) is 3.91. The summed E-state index contributed by atoms with van der Waals surface area (Å²) in [6.45, 7) is 4.00. The molecule has 1 aliphatic carbocycles. The Labute approximate surface area is 101 Å². The van der Waals surface area contributed by atoms with Gasteiger partial charge < -0.3 is 4.90 Å². The molecule has 16 heavy (non-hydrogen) atoms. The first-order chi connectivity index (χ1) is 7.70. The molecule has 1 saturated carbocycles. The van der Waals surface area contributed by atoms with Gasteiger partial charge in [-0.3, -0.25) is 4.79 Å². The zero-order valence-electron chi connectivity index (χ0n) is 10.9. The summed E-state index contributed by atoms with van der Waals surface area (Å²) in [4.78, 5) is 13.5. The normalized spacial score (nSPS) is 34.6. The lowest BCUT2D eigenvalue weighted by Gasteiger charge is -2.40. The highest BCUT2D eigenvalue weighted by Gasteiger charge is 2.36. The fourth-order valence-corrected chi connectivity index (χ4v) is 2.99. The van der Waals surface area contributed by atoms with E-state index in [1.54, 1.807) is 0 Å². The van der Waals surface area contributed by atoms with Gasteiger partial charge in [0.2, 0.25) is 5.91 Å². The van der Waals surface area contributed by atoms with Crippen LogP contribution >= 0.6 is 0 Å². The predicted octanol–water partition coefficient (Wildman–Crippen LogP) is 2.78. The summed E-state index contributed by atoms with van der Waals surface area (Å²) in [5.74, 6) is 1.18. The van der Waals surface area contributed by atoms with E-state index in [4.69, 9.17) is 7.85 Å². The molecule has 0 aromatic heterocycles. The summed E-state index contributed by atoms with van der Waals surface area (Å²) in [7, 11) is 8.10. The Morgan fingerprint density at radius 2 is 1.81 bits per heavy atom. The molecule has 0 aromatic rings. The van der Waals surface area contributed by atoms with Gasteiger partial charge in [-0.05, 0) is 18.8 Å². The van der Waals surface area contributed by atoms with Crippen LogP contribution in [0.5, 0.6) is 0 Å². The molecule has 1 amide bonds. The van der Waals surface area contributed by atoms with Crippen molar-refractivity contribution in [3.8, 4) is 0 Å². The van der Waals surface area contributed by atoms with E-state index < -0.39 is 0 Å². The van der Waals surface area contributed by atoms with Gasteiger partial charge in [-0.1, -0.05) is 38.9 Å². The van der Waals surface area contributed by atoms with Crippen LogP contribution in [-0.2, 0) is 4.79 Å². The second-order valence-corrected chi connectivity index (χ2v) is 4.72. The minimum atomic E-state index is 0.306. The van der Waals surface area contributed by atoms with Crippen LogP contribution in [-0.4, -0.2) is 31.7 Å². The average molecular weight is 221 g/mol. The molecule has 1 aliphatic heterocycles. The molecule has 0 N–H and O–H groups in total. The maximum absolute atomic E-state index is 11.6. The Bertz CT molecular complexity index is 232. The summed E-state index contributed by atoms with van der Waals surface area (Å²) in [5, 5.41) is 0. The summed E-state index contributed by atoms with van der Waals surface area (Å²) < 4.78 is 0. The Morgan fingerprint density at radius 1 is 1.19 bits per heavy atom. The Kier molecular flexibility index (Phi) is 5.37. The number of hydrogen-bond acceptors (Lipinski definition) is 1. The number of rotatable bonds is 0. The lowest BCUT2D eigenvalue weighted by Crippen LogP contribution is -2.46. The molecule has 3 unspecified atom stereocenters. The van der Waals surface area contributed by atoms with E-state index >= 15 is 0 Å². The third-order valence-electron chi connectivity index (χ3n) is 3.91. The van der Waals surface area contributed by atoms with Crippen molar-refractivity contribution in [2.24, 2.45) is 5.92 Å². The van der Waals surface area contributed by atoms with Crippen molar-refractivity contribution < 1.29 is 4.79 Å². The predicted molar refractivity (Wildman–Crippen MR) is 68.6 cm³/mol. The first-order valence-corrected chi connectivity index (χ1v) is 6.71. The van der Waals surface area contributed by atoms with Gasteiger partial charge in [-0.2, -0.15) is 0 Å². The number of carbonyl (C=O) groups excluding carboxylic acids is 1. The zero-order valence-corrected chi connectivity index (χ0v) is 10.9. The molecule has 2 rings (SSSR count). The molecular weight excluding hydrogens is 197 g/mol. The monoisotopic (exact) mass is 221 g/mol. The van der Waals surface area contributed by atoms with Gasteiger partial charge in [0, 0.05) is 19.5 Å². The van der Waals surface area contributed by atoms with Crippen molar-refractivity contribution in [3.05, 3.63) is 0 Å². The summed E-state index contributed by atoms with van der Waals surface area (Å²) in [5.41, 5.74) is 0. The van der Waals surface area contributed by atoms with Gasteiger partial charge in [-0.25, -0.2) is 0 Å². The zero-order chi connectivity index (χ0) is 12.1. The molecular formula is C13H24BNO. The molecule has 3 heteroatoms. The van der Waals surface area contributed by atoms with Crippen molar-refractivity contribution in [2.45, 2.75) is 64.2 Å². The standard InChI is InChI=1S/C11H18BNO.C2H6/c1-13-10-5-3-2-4-9(12)8(10)6-7-11(13)14;1-2/h8-10H,2-7H2,1H3;1-2H3. The van der Waals surface area contributed by atoms with Gasteiger partial charge in [0.25, 0.3) is 0 Å². The number of amides is 1. The first kappa shape index (κ1) is 13.6. The lowest BCUT2D eigenvalue weighted by atomic mass is 9.68. The van der Waals surface area contributed by atoms with Gasteiger partial charge in [0.1, 0.15) is 0 Å². The minimum absolute atomic E-state index is 0.306. The third kappa shape index (κ3) is 2.80. The number of likely N-dealkylation sites (tertiary alicyclic amines) is 1. The topological polar surface area (TPSA) is 20.3 Å². The van der Waals surface area contributed by atoms with Crippen LogP contribution < -0.4 is 0 Å². The largest absolute Gasteiger partial charge is 0.343 e. The quantitative estimate of drug-likeness (QED) is 0.576. The number of piperidine rings is 1. The van der Waals surface area contributed by atoms with Crippen molar-refractivity contribution in [2.75, 3.05) is 7.05 Å². The molecule has 2 aliphatic rings. The van der Waals surface area contributed by atoms with Crippen LogP contribution in [0.3, 0.4) is 0 Å². The summed E-state index contributed by atoms with van der Waals surface area (Å²) >= 11 is 0. The molecule has 0 aromatic carbocycles. The van der Waals surface area contributed by atoms with E-state index in [1.807, 2.05) is 25.8 Å². The van der Waals surface area contributed by atoms with Gasteiger partial charge >= 0.3 is 0 Å². The van der Waals surface area contributed by atoms with E-state index in [0.717, 1.165) is 19.3 Å². The highest BCUT2D eigenvalue weighted by Crippen LogP contribution is 2.39. The molecule has 2 radical (unpaired) electrons. The van der Waals surface area contributed by atoms with Gasteiger partial charge in [0.05, 0.1) is 7.85 Å². The minimum Gasteiger partial charge on any atom is -0.343 e. The molecule has 2 fully saturated rings. The molecule has 1 heterocycles. The van der Waals surface area contributed by atoms with Crippen LogP contribution in [0.25, 0.3) is 0 Å². The van der Waals surface area contributed by atoms with Crippen molar-refractivity contribution in [1.29, 1.82) is 0 Å². The number of carbonyl (C=O) groups is 1. The molecule has 2 nitrogen and oxygen atoms in total. The van der Waals surface area contributed by atoms with E-state index in [9.17, 15) is 4.79 Å². The number of fused-ring (bicyclic) bond motifs is 1. The summed E-state index contributed by atoms with van der Waals surface area (Å²) in [6.07, 6.45) is 6.47. The van der Waals surface area contributed by atoms with Crippen LogP contribution in [0.1, 0.15) is 52.4 Å². The second-order valence-electron chi connectivity index (χ2n) is 4.72. The Morgan fingerprint density at radius 3 is 2.50 bits per heavy atom. The van der Waals surface area contributed by atoms with E-state index in [1.165, 1.54) is 12.8 Å². The number of nitrogens with zero attached hydrogens (tertiary/aromatic N) is 1.